The fraction of sp³-hybridized carbons (Fsp3) is 0.588. The lowest BCUT2D eigenvalue weighted by molar-refractivity contribution is 0.0623. The van der Waals surface area contributed by atoms with Crippen LogP contribution in [0.2, 0.25) is 0 Å². The van der Waals surface area contributed by atoms with E-state index in [2.05, 4.69) is 24.8 Å². The zero-order valence-electron chi connectivity index (χ0n) is 13.1. The van der Waals surface area contributed by atoms with Gasteiger partial charge in [-0.3, -0.25) is 9.69 Å². The maximum Gasteiger partial charge on any atom is 0.253 e. The lowest BCUT2D eigenvalue weighted by Crippen LogP contribution is -2.49. The Labute approximate surface area is 122 Å². The van der Waals surface area contributed by atoms with E-state index in [9.17, 15) is 4.79 Å². The minimum atomic E-state index is 0.181. The van der Waals surface area contributed by atoms with Crippen molar-refractivity contribution >= 4 is 5.91 Å². The molecule has 1 aliphatic rings. The summed E-state index contributed by atoms with van der Waals surface area (Å²) < 4.78 is 0. The van der Waals surface area contributed by atoms with Gasteiger partial charge in [-0.15, -0.1) is 0 Å². The molecule has 3 heteroatoms. The van der Waals surface area contributed by atoms with Gasteiger partial charge in [0.15, 0.2) is 0 Å². The summed E-state index contributed by atoms with van der Waals surface area (Å²) in [5, 5.41) is 0. The van der Waals surface area contributed by atoms with Crippen LogP contribution in [-0.2, 0) is 0 Å². The van der Waals surface area contributed by atoms with E-state index in [4.69, 9.17) is 0 Å². The smallest absolute Gasteiger partial charge is 0.253 e. The molecule has 3 nitrogen and oxygen atoms in total. The van der Waals surface area contributed by atoms with Crippen molar-refractivity contribution in [3.05, 3.63) is 34.9 Å². The summed E-state index contributed by atoms with van der Waals surface area (Å²) in [6, 6.07) is 6.10. The Kier molecular flexibility index (Phi) is 4.81. The molecule has 2 rings (SSSR count). The number of nitrogens with zero attached hydrogens (tertiary/aromatic N) is 2. The minimum Gasteiger partial charge on any atom is -0.336 e. The highest BCUT2D eigenvalue weighted by Crippen LogP contribution is 2.13. The molecule has 0 N–H and O–H groups in total. The van der Waals surface area contributed by atoms with Crippen molar-refractivity contribution < 1.29 is 4.79 Å². The van der Waals surface area contributed by atoms with E-state index in [1.807, 2.05) is 30.9 Å². The van der Waals surface area contributed by atoms with E-state index >= 15 is 0 Å². The number of rotatable bonds is 3. The third-order valence-corrected chi connectivity index (χ3v) is 3.75. The minimum absolute atomic E-state index is 0.181. The van der Waals surface area contributed by atoms with Crippen LogP contribution in [-0.4, -0.2) is 48.4 Å². The van der Waals surface area contributed by atoms with Crippen LogP contribution >= 0.6 is 0 Å². The molecular formula is C17H26N2O. The summed E-state index contributed by atoms with van der Waals surface area (Å²) in [4.78, 5) is 17.0. The second-order valence-corrected chi connectivity index (χ2v) is 6.36. The molecule has 1 saturated heterocycles. The number of hydrogen-bond acceptors (Lipinski definition) is 2. The van der Waals surface area contributed by atoms with E-state index in [0.717, 1.165) is 49.4 Å². The number of hydrogen-bond donors (Lipinski definition) is 0. The summed E-state index contributed by atoms with van der Waals surface area (Å²) in [5.41, 5.74) is 3.15. The fourth-order valence-electron chi connectivity index (χ4n) is 2.93. The third-order valence-electron chi connectivity index (χ3n) is 3.75. The molecule has 1 aromatic rings. The molecular weight excluding hydrogens is 248 g/mol. The Morgan fingerprint density at radius 2 is 1.60 bits per heavy atom. The predicted octanol–water partition coefficient (Wildman–Crippen LogP) is 2.72. The number of piperazine rings is 1. The Bertz CT molecular complexity index is 454. The van der Waals surface area contributed by atoms with Crippen LogP contribution in [0.3, 0.4) is 0 Å². The van der Waals surface area contributed by atoms with Crippen LogP contribution in [0.4, 0.5) is 0 Å². The molecule has 1 aliphatic heterocycles. The average Bonchev–Trinajstić information content (AvgIpc) is 2.37. The molecule has 20 heavy (non-hydrogen) atoms. The first kappa shape index (κ1) is 15.0. The van der Waals surface area contributed by atoms with Gasteiger partial charge >= 0.3 is 0 Å². The van der Waals surface area contributed by atoms with Crippen molar-refractivity contribution in [2.75, 3.05) is 32.7 Å². The molecule has 0 spiro atoms. The highest BCUT2D eigenvalue weighted by atomic mass is 16.2. The normalized spacial score (nSPS) is 16.8. The van der Waals surface area contributed by atoms with Gasteiger partial charge in [0.2, 0.25) is 0 Å². The van der Waals surface area contributed by atoms with Gasteiger partial charge in [0.25, 0.3) is 5.91 Å². The van der Waals surface area contributed by atoms with E-state index < -0.39 is 0 Å². The Balaban J connectivity index is 1.98. The van der Waals surface area contributed by atoms with Crippen LogP contribution in [0, 0.1) is 19.8 Å². The number of amides is 1. The summed E-state index contributed by atoms with van der Waals surface area (Å²) in [6.45, 7) is 13.4. The second kappa shape index (κ2) is 6.40. The zero-order valence-corrected chi connectivity index (χ0v) is 13.1. The third kappa shape index (κ3) is 3.83. The van der Waals surface area contributed by atoms with Gasteiger partial charge in [0, 0.05) is 38.3 Å². The van der Waals surface area contributed by atoms with Crippen molar-refractivity contribution in [2.24, 2.45) is 5.92 Å². The highest BCUT2D eigenvalue weighted by Gasteiger charge is 2.22. The van der Waals surface area contributed by atoms with Crippen LogP contribution in [0.5, 0.6) is 0 Å². The van der Waals surface area contributed by atoms with E-state index in [-0.39, 0.29) is 5.91 Å². The summed E-state index contributed by atoms with van der Waals surface area (Å²) in [7, 11) is 0. The first-order valence-electron chi connectivity index (χ1n) is 7.55. The van der Waals surface area contributed by atoms with Crippen molar-refractivity contribution in [3.8, 4) is 0 Å². The topological polar surface area (TPSA) is 23.6 Å². The molecule has 0 bridgehead atoms. The van der Waals surface area contributed by atoms with Crippen LogP contribution in [0.25, 0.3) is 0 Å². The first-order chi connectivity index (χ1) is 9.45. The number of carbonyl (C=O) groups excluding carboxylic acids is 1. The van der Waals surface area contributed by atoms with Crippen molar-refractivity contribution in [2.45, 2.75) is 27.7 Å². The second-order valence-electron chi connectivity index (χ2n) is 6.36. The van der Waals surface area contributed by atoms with Gasteiger partial charge < -0.3 is 4.90 Å². The largest absolute Gasteiger partial charge is 0.336 e. The molecule has 0 aromatic heterocycles. The lowest BCUT2D eigenvalue weighted by atomic mass is 10.1. The first-order valence-corrected chi connectivity index (χ1v) is 7.55. The molecule has 0 aliphatic carbocycles. The average molecular weight is 274 g/mol. The van der Waals surface area contributed by atoms with Gasteiger partial charge in [-0.1, -0.05) is 31.0 Å². The van der Waals surface area contributed by atoms with Crippen LogP contribution in [0.1, 0.15) is 35.3 Å². The Hall–Kier alpha value is -1.35. The fourth-order valence-corrected chi connectivity index (χ4v) is 2.93. The number of carbonyl (C=O) groups is 1. The molecule has 0 radical (unpaired) electrons. The van der Waals surface area contributed by atoms with Gasteiger partial charge in [-0.25, -0.2) is 0 Å². The number of aryl methyl sites for hydroxylation is 2. The summed E-state index contributed by atoms with van der Waals surface area (Å²) >= 11 is 0. The van der Waals surface area contributed by atoms with Gasteiger partial charge in [0.05, 0.1) is 0 Å². The molecule has 1 fully saturated rings. The molecule has 1 heterocycles. The van der Waals surface area contributed by atoms with Crippen LogP contribution in [0.15, 0.2) is 18.2 Å². The van der Waals surface area contributed by atoms with Crippen LogP contribution < -0.4 is 0 Å². The molecule has 110 valence electrons. The lowest BCUT2D eigenvalue weighted by Gasteiger charge is -2.35. The van der Waals surface area contributed by atoms with Crippen molar-refractivity contribution in [1.82, 2.24) is 9.80 Å². The predicted molar refractivity (Wildman–Crippen MR) is 83.1 cm³/mol. The molecule has 1 aromatic carbocycles. The standard InChI is InChI=1S/C17H26N2O/c1-13(2)12-18-5-7-19(8-6-18)17(20)16-10-14(3)9-15(4)11-16/h9-11,13H,5-8,12H2,1-4H3. The molecule has 0 atom stereocenters. The van der Waals surface area contributed by atoms with Crippen molar-refractivity contribution in [1.29, 1.82) is 0 Å². The SMILES string of the molecule is Cc1cc(C)cc(C(=O)N2CCN(CC(C)C)CC2)c1. The van der Waals surface area contributed by atoms with Gasteiger partial charge in [0.1, 0.15) is 0 Å². The molecule has 1 amide bonds. The van der Waals surface area contributed by atoms with E-state index in [0.29, 0.717) is 5.92 Å². The molecule has 0 unspecified atom stereocenters. The Morgan fingerprint density at radius 1 is 1.05 bits per heavy atom. The maximum atomic E-state index is 12.5. The highest BCUT2D eigenvalue weighted by molar-refractivity contribution is 5.94. The zero-order chi connectivity index (χ0) is 14.7. The number of benzene rings is 1. The monoisotopic (exact) mass is 274 g/mol. The summed E-state index contributed by atoms with van der Waals surface area (Å²) in [6.07, 6.45) is 0. The van der Waals surface area contributed by atoms with Crippen molar-refractivity contribution in [3.63, 3.8) is 0 Å². The van der Waals surface area contributed by atoms with Gasteiger partial charge in [-0.05, 0) is 31.9 Å². The Morgan fingerprint density at radius 3 is 2.10 bits per heavy atom. The quantitative estimate of drug-likeness (QED) is 0.846. The van der Waals surface area contributed by atoms with Gasteiger partial charge in [-0.2, -0.15) is 0 Å². The summed E-state index contributed by atoms with van der Waals surface area (Å²) in [5.74, 6) is 0.873. The molecule has 0 saturated carbocycles. The van der Waals surface area contributed by atoms with E-state index in [1.165, 1.54) is 0 Å². The maximum absolute atomic E-state index is 12.5. The van der Waals surface area contributed by atoms with E-state index in [1.54, 1.807) is 0 Å².